The van der Waals surface area contributed by atoms with Crippen LogP contribution in [0.5, 0.6) is 0 Å². The molecule has 0 heterocycles. The topological polar surface area (TPSA) is 0 Å². The smallest absolute Gasteiger partial charge is 0.0207 e. The van der Waals surface area contributed by atoms with Crippen molar-refractivity contribution in [1.82, 2.24) is 0 Å². The molecular formula is C23H27Br. The van der Waals surface area contributed by atoms with Crippen LogP contribution in [0.4, 0.5) is 0 Å². The van der Waals surface area contributed by atoms with E-state index in [0.717, 1.165) is 22.9 Å². The first kappa shape index (κ1) is 20.2. The zero-order valence-electron chi connectivity index (χ0n) is 15.0. The van der Waals surface area contributed by atoms with E-state index in [9.17, 15) is 0 Å². The Bertz CT molecular complexity index is 686. The Morgan fingerprint density at radius 3 is 2.54 bits per heavy atom. The highest BCUT2D eigenvalue weighted by molar-refractivity contribution is 9.12. The van der Waals surface area contributed by atoms with Gasteiger partial charge in [0.2, 0.25) is 0 Å². The van der Waals surface area contributed by atoms with Gasteiger partial charge >= 0.3 is 0 Å². The normalized spacial score (nSPS) is 17.2. The highest BCUT2D eigenvalue weighted by atomic mass is 79.9. The molecule has 1 heteroatoms. The molecule has 1 aliphatic carbocycles. The van der Waals surface area contributed by atoms with Crippen molar-refractivity contribution in [2.45, 2.75) is 33.6 Å². The monoisotopic (exact) mass is 382 g/mol. The van der Waals surface area contributed by atoms with Crippen molar-refractivity contribution in [3.8, 4) is 0 Å². The summed E-state index contributed by atoms with van der Waals surface area (Å²) in [5.74, 6) is 0. The van der Waals surface area contributed by atoms with E-state index in [2.05, 4.69) is 98.5 Å². The first-order valence-corrected chi connectivity index (χ1v) is 9.02. The lowest BCUT2D eigenvalue weighted by Gasteiger charge is -2.15. The van der Waals surface area contributed by atoms with Crippen LogP contribution in [0.25, 0.3) is 0 Å². The Balaban J connectivity index is 3.45. The maximum atomic E-state index is 4.04. The largest absolute Gasteiger partial charge is 0.103 e. The van der Waals surface area contributed by atoms with Gasteiger partial charge in [-0.15, -0.1) is 6.58 Å². The van der Waals surface area contributed by atoms with Crippen LogP contribution in [0.3, 0.4) is 0 Å². The predicted molar refractivity (Wildman–Crippen MR) is 113 cm³/mol. The average Bonchev–Trinajstić information content (AvgIpc) is 2.87. The zero-order valence-corrected chi connectivity index (χ0v) is 16.6. The van der Waals surface area contributed by atoms with E-state index in [1.165, 1.54) is 22.3 Å². The summed E-state index contributed by atoms with van der Waals surface area (Å²) >= 11 is 3.70. The van der Waals surface area contributed by atoms with Crippen molar-refractivity contribution in [3.63, 3.8) is 0 Å². The van der Waals surface area contributed by atoms with E-state index in [1.54, 1.807) is 0 Å². The third-order valence-electron chi connectivity index (χ3n) is 3.90. The van der Waals surface area contributed by atoms with Gasteiger partial charge in [-0.2, -0.15) is 0 Å². The van der Waals surface area contributed by atoms with Crippen LogP contribution in [0.1, 0.15) is 33.6 Å². The number of rotatable bonds is 7. The molecule has 0 saturated carbocycles. The molecule has 1 rings (SSSR count). The summed E-state index contributed by atoms with van der Waals surface area (Å²) in [5.41, 5.74) is 6.12. The summed E-state index contributed by atoms with van der Waals surface area (Å²) in [6.45, 7) is 14.1. The minimum Gasteiger partial charge on any atom is -0.103 e. The lowest BCUT2D eigenvalue weighted by Crippen LogP contribution is -1.96. The fourth-order valence-corrected chi connectivity index (χ4v) is 2.82. The van der Waals surface area contributed by atoms with Crippen molar-refractivity contribution in [3.05, 3.63) is 106 Å². The molecule has 0 amide bonds. The van der Waals surface area contributed by atoms with E-state index in [0.29, 0.717) is 0 Å². The zero-order chi connectivity index (χ0) is 17.9. The van der Waals surface area contributed by atoms with Crippen molar-refractivity contribution in [1.29, 1.82) is 0 Å². The first-order chi connectivity index (χ1) is 11.5. The van der Waals surface area contributed by atoms with E-state index in [-0.39, 0.29) is 0 Å². The van der Waals surface area contributed by atoms with Gasteiger partial charge in [0.1, 0.15) is 0 Å². The number of halogens is 1. The van der Waals surface area contributed by atoms with Crippen LogP contribution in [0, 0.1) is 0 Å². The number of hydrogen-bond acceptors (Lipinski definition) is 0. The summed E-state index contributed by atoms with van der Waals surface area (Å²) in [6, 6.07) is 0. The molecule has 0 radical (unpaired) electrons. The van der Waals surface area contributed by atoms with Crippen molar-refractivity contribution in [2.24, 2.45) is 0 Å². The number of hydrogen-bond donors (Lipinski definition) is 0. The second-order valence-corrected chi connectivity index (χ2v) is 6.47. The molecule has 0 unspecified atom stereocenters. The van der Waals surface area contributed by atoms with Crippen molar-refractivity contribution in [2.75, 3.05) is 0 Å². The van der Waals surface area contributed by atoms with E-state index in [4.69, 9.17) is 0 Å². The first-order valence-electron chi connectivity index (χ1n) is 8.23. The Kier molecular flexibility index (Phi) is 9.11. The quantitative estimate of drug-likeness (QED) is 0.312. The van der Waals surface area contributed by atoms with Gasteiger partial charge in [-0.3, -0.25) is 0 Å². The third-order valence-corrected chi connectivity index (χ3v) is 4.75. The van der Waals surface area contributed by atoms with Crippen LogP contribution < -0.4 is 0 Å². The summed E-state index contributed by atoms with van der Waals surface area (Å²) < 4.78 is 1.07. The van der Waals surface area contributed by atoms with E-state index >= 15 is 0 Å². The van der Waals surface area contributed by atoms with Gasteiger partial charge in [-0.25, -0.2) is 0 Å². The fraction of sp³-hybridized carbons (Fsp3) is 0.217. The molecule has 0 atom stereocenters. The second-order valence-electron chi connectivity index (χ2n) is 5.62. The third kappa shape index (κ3) is 5.98. The van der Waals surface area contributed by atoms with Gasteiger partial charge in [0.15, 0.2) is 0 Å². The molecular weight excluding hydrogens is 356 g/mol. The van der Waals surface area contributed by atoms with Crippen LogP contribution in [-0.2, 0) is 0 Å². The Morgan fingerprint density at radius 1 is 1.17 bits per heavy atom. The molecule has 24 heavy (non-hydrogen) atoms. The summed E-state index contributed by atoms with van der Waals surface area (Å²) in [5, 5.41) is 0. The maximum Gasteiger partial charge on any atom is 0.0207 e. The molecule has 0 aromatic rings. The molecule has 0 bridgehead atoms. The van der Waals surface area contributed by atoms with Gasteiger partial charge in [0.25, 0.3) is 0 Å². The molecule has 126 valence electrons. The fourth-order valence-electron chi connectivity index (χ4n) is 2.41. The van der Waals surface area contributed by atoms with Gasteiger partial charge in [0, 0.05) is 4.48 Å². The minimum absolute atomic E-state index is 0.864. The molecule has 1 aliphatic rings. The van der Waals surface area contributed by atoms with Crippen molar-refractivity contribution >= 4 is 15.9 Å². The maximum absolute atomic E-state index is 4.04. The SMILES string of the molecule is C=CC/C=C(C)/C(Br)=C\C(C=C)=C(C1=CC=CC=CC1)/C(C)=C/C. The van der Waals surface area contributed by atoms with Crippen LogP contribution >= 0.6 is 15.9 Å². The Hall–Kier alpha value is -1.86. The summed E-state index contributed by atoms with van der Waals surface area (Å²) in [7, 11) is 0. The molecule has 0 aromatic heterocycles. The molecule has 0 spiro atoms. The Morgan fingerprint density at radius 2 is 1.92 bits per heavy atom. The molecule has 0 fully saturated rings. The molecule has 0 aromatic carbocycles. The highest BCUT2D eigenvalue weighted by Crippen LogP contribution is 2.30. The molecule has 0 saturated heterocycles. The predicted octanol–water partition coefficient (Wildman–Crippen LogP) is 7.68. The summed E-state index contributed by atoms with van der Waals surface area (Å²) in [6.07, 6.45) is 22.7. The van der Waals surface area contributed by atoms with Gasteiger partial charge in [0.05, 0.1) is 0 Å². The lowest BCUT2D eigenvalue weighted by atomic mass is 9.90. The van der Waals surface area contributed by atoms with Gasteiger partial charge < -0.3 is 0 Å². The van der Waals surface area contributed by atoms with Gasteiger partial charge in [-0.05, 0) is 67.6 Å². The lowest BCUT2D eigenvalue weighted by molar-refractivity contribution is 1.19. The van der Waals surface area contributed by atoms with Crippen LogP contribution in [0.2, 0.25) is 0 Å². The molecule has 0 aliphatic heterocycles. The standard InChI is InChI=1S/C23H27Br/c1-6-9-14-19(5)22(24)17-20(8-3)23(18(4)7-2)21-15-12-10-11-13-16-21/h6-8,10-15,17H,1,3,9,16H2,2,4-5H3/b18-7+,19-14+,22-17+,23-20+. The summed E-state index contributed by atoms with van der Waals surface area (Å²) in [4.78, 5) is 0. The van der Waals surface area contributed by atoms with Crippen LogP contribution in [-0.4, -0.2) is 0 Å². The molecule has 0 nitrogen and oxygen atoms in total. The second kappa shape index (κ2) is 10.8. The van der Waals surface area contributed by atoms with Crippen molar-refractivity contribution < 1.29 is 0 Å². The molecule has 0 N–H and O–H groups in total. The number of allylic oxidation sites excluding steroid dienone is 16. The average molecular weight is 383 g/mol. The minimum atomic E-state index is 0.864. The van der Waals surface area contributed by atoms with E-state index < -0.39 is 0 Å². The van der Waals surface area contributed by atoms with Gasteiger partial charge in [-0.1, -0.05) is 77.2 Å². The highest BCUT2D eigenvalue weighted by Gasteiger charge is 2.11. The van der Waals surface area contributed by atoms with Crippen LogP contribution in [0.15, 0.2) is 106 Å². The van der Waals surface area contributed by atoms with E-state index in [1.807, 2.05) is 12.2 Å². The Labute approximate surface area is 155 Å².